The highest BCUT2D eigenvalue weighted by molar-refractivity contribution is 5.77. The summed E-state index contributed by atoms with van der Waals surface area (Å²) in [5, 5.41) is 2.76. The molecular formula is C16H26N2O3. The van der Waals surface area contributed by atoms with Crippen molar-refractivity contribution in [3.63, 3.8) is 0 Å². The molecule has 1 rings (SSSR count). The third-order valence-corrected chi connectivity index (χ3v) is 2.96. The van der Waals surface area contributed by atoms with Gasteiger partial charge in [0.2, 0.25) is 0 Å². The molecule has 0 aromatic heterocycles. The van der Waals surface area contributed by atoms with Gasteiger partial charge in [-0.15, -0.1) is 0 Å². The van der Waals surface area contributed by atoms with Crippen molar-refractivity contribution in [3.05, 3.63) is 29.8 Å². The first-order valence-electron chi connectivity index (χ1n) is 7.38. The molecule has 5 nitrogen and oxygen atoms in total. The van der Waals surface area contributed by atoms with Crippen LogP contribution >= 0.6 is 0 Å². The van der Waals surface area contributed by atoms with Crippen LogP contribution in [-0.4, -0.2) is 32.3 Å². The monoisotopic (exact) mass is 294 g/mol. The maximum absolute atomic E-state index is 11.6. The van der Waals surface area contributed by atoms with E-state index in [9.17, 15) is 4.79 Å². The number of para-hydroxylation sites is 1. The third kappa shape index (κ3) is 7.68. The van der Waals surface area contributed by atoms with Crippen LogP contribution < -0.4 is 15.8 Å². The van der Waals surface area contributed by atoms with E-state index < -0.39 is 0 Å². The van der Waals surface area contributed by atoms with Crippen molar-refractivity contribution in [2.75, 3.05) is 26.4 Å². The predicted molar refractivity (Wildman–Crippen MR) is 83.1 cm³/mol. The van der Waals surface area contributed by atoms with E-state index in [0.29, 0.717) is 31.4 Å². The minimum Gasteiger partial charge on any atom is -0.483 e. The maximum Gasteiger partial charge on any atom is 0.258 e. The number of hydrogen-bond acceptors (Lipinski definition) is 4. The highest BCUT2D eigenvalue weighted by Gasteiger charge is 2.05. The van der Waals surface area contributed by atoms with Crippen LogP contribution in [0.25, 0.3) is 0 Å². The van der Waals surface area contributed by atoms with Crippen LogP contribution in [0.5, 0.6) is 5.75 Å². The average molecular weight is 294 g/mol. The van der Waals surface area contributed by atoms with Crippen molar-refractivity contribution < 1.29 is 14.3 Å². The SMILES string of the molecule is CC(C)CCOCCNC(=O)COc1ccccc1CN. The summed E-state index contributed by atoms with van der Waals surface area (Å²) in [7, 11) is 0. The maximum atomic E-state index is 11.6. The smallest absolute Gasteiger partial charge is 0.258 e. The van der Waals surface area contributed by atoms with Gasteiger partial charge in [0.25, 0.3) is 5.91 Å². The second-order valence-electron chi connectivity index (χ2n) is 5.25. The van der Waals surface area contributed by atoms with E-state index >= 15 is 0 Å². The van der Waals surface area contributed by atoms with E-state index in [0.717, 1.165) is 18.6 Å². The molecule has 0 radical (unpaired) electrons. The molecule has 3 N–H and O–H groups in total. The Morgan fingerprint density at radius 3 is 2.76 bits per heavy atom. The molecule has 21 heavy (non-hydrogen) atoms. The summed E-state index contributed by atoms with van der Waals surface area (Å²) in [6.45, 7) is 6.44. The van der Waals surface area contributed by atoms with Gasteiger partial charge in [0.15, 0.2) is 6.61 Å². The molecule has 0 saturated carbocycles. The van der Waals surface area contributed by atoms with E-state index in [4.69, 9.17) is 15.2 Å². The van der Waals surface area contributed by atoms with E-state index in [-0.39, 0.29) is 12.5 Å². The first kappa shape index (κ1) is 17.5. The van der Waals surface area contributed by atoms with Gasteiger partial charge in [-0.2, -0.15) is 0 Å². The molecule has 0 spiro atoms. The number of amides is 1. The lowest BCUT2D eigenvalue weighted by atomic mass is 10.1. The molecule has 0 bridgehead atoms. The van der Waals surface area contributed by atoms with Crippen molar-refractivity contribution in [1.29, 1.82) is 0 Å². The lowest BCUT2D eigenvalue weighted by Gasteiger charge is -2.11. The number of rotatable bonds is 10. The predicted octanol–water partition coefficient (Wildman–Crippen LogP) is 1.70. The van der Waals surface area contributed by atoms with Crippen molar-refractivity contribution in [3.8, 4) is 5.75 Å². The van der Waals surface area contributed by atoms with Crippen molar-refractivity contribution in [2.45, 2.75) is 26.8 Å². The highest BCUT2D eigenvalue weighted by atomic mass is 16.5. The number of carbonyl (C=O) groups is 1. The lowest BCUT2D eigenvalue weighted by Crippen LogP contribution is -2.32. The number of carbonyl (C=O) groups excluding carboxylic acids is 1. The van der Waals surface area contributed by atoms with Gasteiger partial charge >= 0.3 is 0 Å². The van der Waals surface area contributed by atoms with E-state index in [2.05, 4.69) is 19.2 Å². The van der Waals surface area contributed by atoms with Crippen LogP contribution in [0.15, 0.2) is 24.3 Å². The largest absolute Gasteiger partial charge is 0.483 e. The minimum absolute atomic E-state index is 0.0109. The zero-order valence-corrected chi connectivity index (χ0v) is 12.9. The Hall–Kier alpha value is -1.59. The summed E-state index contributed by atoms with van der Waals surface area (Å²) >= 11 is 0. The van der Waals surface area contributed by atoms with Crippen LogP contribution in [0, 0.1) is 5.92 Å². The normalized spacial score (nSPS) is 10.7. The van der Waals surface area contributed by atoms with Gasteiger partial charge in [0.05, 0.1) is 6.61 Å². The molecule has 118 valence electrons. The molecule has 0 aliphatic heterocycles. The summed E-state index contributed by atoms with van der Waals surface area (Å²) in [5.74, 6) is 1.13. The quantitative estimate of drug-likeness (QED) is 0.644. The molecule has 0 aliphatic rings. The van der Waals surface area contributed by atoms with Gasteiger partial charge in [-0.25, -0.2) is 0 Å². The molecule has 1 aromatic carbocycles. The summed E-state index contributed by atoms with van der Waals surface area (Å²) in [4.78, 5) is 11.6. The molecule has 1 aromatic rings. The molecule has 0 heterocycles. The van der Waals surface area contributed by atoms with Gasteiger partial charge in [-0.1, -0.05) is 32.0 Å². The number of ether oxygens (including phenoxy) is 2. The molecule has 0 unspecified atom stereocenters. The lowest BCUT2D eigenvalue weighted by molar-refractivity contribution is -0.123. The number of nitrogens with one attached hydrogen (secondary N) is 1. The van der Waals surface area contributed by atoms with Crippen LogP contribution in [0.4, 0.5) is 0 Å². The van der Waals surface area contributed by atoms with Gasteiger partial charge in [0.1, 0.15) is 5.75 Å². The Labute approximate surface area is 126 Å². The van der Waals surface area contributed by atoms with E-state index in [1.165, 1.54) is 0 Å². The third-order valence-electron chi connectivity index (χ3n) is 2.96. The zero-order valence-electron chi connectivity index (χ0n) is 12.9. The van der Waals surface area contributed by atoms with E-state index in [1.807, 2.05) is 24.3 Å². The minimum atomic E-state index is -0.158. The zero-order chi connectivity index (χ0) is 15.5. The molecule has 0 aliphatic carbocycles. The highest BCUT2D eigenvalue weighted by Crippen LogP contribution is 2.16. The van der Waals surface area contributed by atoms with Crippen LogP contribution in [0.3, 0.4) is 0 Å². The molecule has 0 fully saturated rings. The van der Waals surface area contributed by atoms with Crippen LogP contribution in [0.2, 0.25) is 0 Å². The van der Waals surface area contributed by atoms with Gasteiger partial charge in [-0.3, -0.25) is 4.79 Å². The fourth-order valence-corrected chi connectivity index (χ4v) is 1.69. The average Bonchev–Trinajstić information content (AvgIpc) is 2.48. The Morgan fingerprint density at radius 2 is 2.05 bits per heavy atom. The van der Waals surface area contributed by atoms with Crippen LogP contribution in [-0.2, 0) is 16.1 Å². The van der Waals surface area contributed by atoms with Gasteiger partial charge < -0.3 is 20.5 Å². The fraction of sp³-hybridized carbons (Fsp3) is 0.562. The standard InChI is InChI=1S/C16H26N2O3/c1-13(2)7-9-20-10-8-18-16(19)12-21-15-6-4-3-5-14(15)11-17/h3-6,13H,7-12,17H2,1-2H3,(H,18,19). The Kier molecular flexibility index (Phi) is 8.47. The summed E-state index contributed by atoms with van der Waals surface area (Å²) < 4.78 is 10.9. The molecular weight excluding hydrogens is 268 g/mol. The molecule has 5 heteroatoms. The van der Waals surface area contributed by atoms with Gasteiger partial charge in [-0.05, 0) is 18.4 Å². The number of benzene rings is 1. The molecule has 0 atom stereocenters. The van der Waals surface area contributed by atoms with Gasteiger partial charge in [0, 0.05) is 25.3 Å². The first-order chi connectivity index (χ1) is 10.1. The molecule has 0 saturated heterocycles. The molecule has 1 amide bonds. The second-order valence-corrected chi connectivity index (χ2v) is 5.25. The second kappa shape index (κ2) is 10.2. The summed E-state index contributed by atoms with van der Waals surface area (Å²) in [6.07, 6.45) is 1.03. The topological polar surface area (TPSA) is 73.6 Å². The summed E-state index contributed by atoms with van der Waals surface area (Å²) in [5.41, 5.74) is 6.50. The Balaban J connectivity index is 2.14. The van der Waals surface area contributed by atoms with E-state index in [1.54, 1.807) is 0 Å². The van der Waals surface area contributed by atoms with Crippen molar-refractivity contribution >= 4 is 5.91 Å². The number of hydrogen-bond donors (Lipinski definition) is 2. The fourth-order valence-electron chi connectivity index (χ4n) is 1.69. The Bertz CT molecular complexity index is 422. The van der Waals surface area contributed by atoms with Crippen molar-refractivity contribution in [1.82, 2.24) is 5.32 Å². The first-order valence-corrected chi connectivity index (χ1v) is 7.38. The number of nitrogens with two attached hydrogens (primary N) is 1. The van der Waals surface area contributed by atoms with Crippen molar-refractivity contribution in [2.24, 2.45) is 11.7 Å². The van der Waals surface area contributed by atoms with Crippen LogP contribution in [0.1, 0.15) is 25.8 Å². The Morgan fingerprint density at radius 1 is 1.29 bits per heavy atom. The summed E-state index contributed by atoms with van der Waals surface area (Å²) in [6, 6.07) is 7.44.